The Labute approximate surface area is 129 Å². The van der Waals surface area contributed by atoms with Crippen molar-refractivity contribution in [3.8, 4) is 5.75 Å². The number of amides is 2. The van der Waals surface area contributed by atoms with Gasteiger partial charge in [0.25, 0.3) is 0 Å². The predicted molar refractivity (Wildman–Crippen MR) is 82.9 cm³/mol. The summed E-state index contributed by atoms with van der Waals surface area (Å²) in [5.41, 5.74) is 1.38. The summed E-state index contributed by atoms with van der Waals surface area (Å²) in [5, 5.41) is 15.3. The summed E-state index contributed by atoms with van der Waals surface area (Å²) in [6.07, 6.45) is 2.76. The highest BCUT2D eigenvalue weighted by Crippen LogP contribution is 2.16. The monoisotopic (exact) mass is 304 g/mol. The van der Waals surface area contributed by atoms with Gasteiger partial charge in [-0.3, -0.25) is 0 Å². The molecule has 1 aromatic carbocycles. The third-order valence-electron chi connectivity index (χ3n) is 3.05. The topological polar surface area (TPSA) is 83.7 Å². The fraction of sp³-hybridized carbons (Fsp3) is 0.312. The SMILES string of the molecule is CCOc1ccc(NC(=O)NCCC(O)c2ccoc2)cc1. The number of anilines is 1. The lowest BCUT2D eigenvalue weighted by molar-refractivity contribution is 0.166. The average molecular weight is 304 g/mol. The van der Waals surface area contributed by atoms with Crippen molar-refractivity contribution in [2.45, 2.75) is 19.4 Å². The van der Waals surface area contributed by atoms with Crippen LogP contribution in [0.25, 0.3) is 0 Å². The molecule has 118 valence electrons. The molecule has 3 N–H and O–H groups in total. The number of carbonyl (C=O) groups excluding carboxylic acids is 1. The van der Waals surface area contributed by atoms with Gasteiger partial charge in [0.2, 0.25) is 0 Å². The van der Waals surface area contributed by atoms with Crippen molar-refractivity contribution in [3.63, 3.8) is 0 Å². The lowest BCUT2D eigenvalue weighted by Gasteiger charge is -2.11. The Morgan fingerprint density at radius 3 is 2.73 bits per heavy atom. The van der Waals surface area contributed by atoms with Gasteiger partial charge in [-0.1, -0.05) is 0 Å². The second-order valence-corrected chi connectivity index (χ2v) is 4.70. The predicted octanol–water partition coefficient (Wildman–Crippen LogP) is 2.92. The Bertz CT molecular complexity index is 566. The molecule has 6 nitrogen and oxygen atoms in total. The van der Waals surface area contributed by atoms with E-state index in [4.69, 9.17) is 9.15 Å². The Morgan fingerprint density at radius 1 is 1.32 bits per heavy atom. The van der Waals surface area contributed by atoms with Crippen molar-refractivity contribution in [1.82, 2.24) is 5.32 Å². The van der Waals surface area contributed by atoms with Crippen LogP contribution in [0.3, 0.4) is 0 Å². The van der Waals surface area contributed by atoms with Gasteiger partial charge in [-0.15, -0.1) is 0 Å². The summed E-state index contributed by atoms with van der Waals surface area (Å²) in [6, 6.07) is 8.51. The number of hydrogen-bond acceptors (Lipinski definition) is 4. The Morgan fingerprint density at radius 2 is 2.09 bits per heavy atom. The molecular formula is C16H20N2O4. The quantitative estimate of drug-likeness (QED) is 0.734. The molecule has 1 aromatic heterocycles. The molecule has 2 aromatic rings. The van der Waals surface area contributed by atoms with Gasteiger partial charge in [0.1, 0.15) is 5.75 Å². The van der Waals surface area contributed by atoms with Crippen LogP contribution in [0, 0.1) is 0 Å². The van der Waals surface area contributed by atoms with Gasteiger partial charge in [0.05, 0.1) is 25.2 Å². The molecule has 6 heteroatoms. The van der Waals surface area contributed by atoms with Crippen LogP contribution in [0.1, 0.15) is 25.0 Å². The van der Waals surface area contributed by atoms with Crippen LogP contribution in [0.15, 0.2) is 47.3 Å². The summed E-state index contributed by atoms with van der Waals surface area (Å²) in [4.78, 5) is 11.7. The number of aliphatic hydroxyl groups is 1. The minimum absolute atomic E-state index is 0.316. The lowest BCUT2D eigenvalue weighted by Crippen LogP contribution is -2.30. The van der Waals surface area contributed by atoms with E-state index < -0.39 is 6.10 Å². The van der Waals surface area contributed by atoms with Crippen molar-refractivity contribution >= 4 is 11.7 Å². The van der Waals surface area contributed by atoms with E-state index in [2.05, 4.69) is 10.6 Å². The lowest BCUT2D eigenvalue weighted by atomic mass is 10.1. The first-order valence-corrected chi connectivity index (χ1v) is 7.17. The Hall–Kier alpha value is -2.47. The first kappa shape index (κ1) is 15.9. The summed E-state index contributed by atoms with van der Waals surface area (Å²) in [7, 11) is 0. The number of carbonyl (C=O) groups is 1. The number of rotatable bonds is 7. The molecule has 0 aliphatic carbocycles. The molecule has 0 radical (unpaired) electrons. The number of hydrogen-bond donors (Lipinski definition) is 3. The van der Waals surface area contributed by atoms with Crippen molar-refractivity contribution in [3.05, 3.63) is 48.4 Å². The molecule has 2 amide bonds. The van der Waals surface area contributed by atoms with Crippen LogP contribution < -0.4 is 15.4 Å². The minimum atomic E-state index is -0.649. The molecule has 0 aliphatic heterocycles. The van der Waals surface area contributed by atoms with Crippen molar-refractivity contribution in [1.29, 1.82) is 0 Å². The van der Waals surface area contributed by atoms with E-state index in [1.54, 1.807) is 30.3 Å². The van der Waals surface area contributed by atoms with E-state index in [0.717, 1.165) is 5.75 Å². The molecule has 0 spiro atoms. The third kappa shape index (κ3) is 4.82. The zero-order valence-corrected chi connectivity index (χ0v) is 12.4. The van der Waals surface area contributed by atoms with Gasteiger partial charge in [-0.2, -0.15) is 0 Å². The first-order valence-electron chi connectivity index (χ1n) is 7.17. The second kappa shape index (κ2) is 8.09. The smallest absolute Gasteiger partial charge is 0.319 e. The summed E-state index contributed by atoms with van der Waals surface area (Å²) in [6.45, 7) is 2.87. The third-order valence-corrected chi connectivity index (χ3v) is 3.05. The molecule has 1 atom stereocenters. The zero-order chi connectivity index (χ0) is 15.8. The highest BCUT2D eigenvalue weighted by Gasteiger charge is 2.09. The van der Waals surface area contributed by atoms with Crippen LogP contribution in [0.2, 0.25) is 0 Å². The second-order valence-electron chi connectivity index (χ2n) is 4.70. The van der Waals surface area contributed by atoms with Crippen molar-refractivity contribution in [2.24, 2.45) is 0 Å². The minimum Gasteiger partial charge on any atom is -0.494 e. The largest absolute Gasteiger partial charge is 0.494 e. The summed E-state index contributed by atoms with van der Waals surface area (Å²) >= 11 is 0. The number of nitrogens with one attached hydrogen (secondary N) is 2. The zero-order valence-electron chi connectivity index (χ0n) is 12.4. The maximum absolute atomic E-state index is 11.7. The van der Waals surface area contributed by atoms with Gasteiger partial charge in [-0.25, -0.2) is 4.79 Å². The molecule has 0 aliphatic rings. The molecule has 2 rings (SSSR count). The van der Waals surface area contributed by atoms with E-state index in [9.17, 15) is 9.90 Å². The molecule has 0 fully saturated rings. The normalized spacial score (nSPS) is 11.7. The van der Waals surface area contributed by atoms with E-state index >= 15 is 0 Å². The number of aliphatic hydroxyl groups excluding tert-OH is 1. The van der Waals surface area contributed by atoms with E-state index in [1.165, 1.54) is 12.5 Å². The van der Waals surface area contributed by atoms with Crippen LogP contribution in [0.5, 0.6) is 5.75 Å². The summed E-state index contributed by atoms with van der Waals surface area (Å²) in [5.74, 6) is 0.761. The maximum Gasteiger partial charge on any atom is 0.319 e. The van der Waals surface area contributed by atoms with Gasteiger partial charge in [-0.05, 0) is 43.7 Å². The molecule has 1 heterocycles. The Balaban J connectivity index is 1.71. The van der Waals surface area contributed by atoms with Crippen molar-refractivity contribution < 1.29 is 19.1 Å². The maximum atomic E-state index is 11.7. The number of urea groups is 1. The van der Waals surface area contributed by atoms with Gasteiger partial charge in [0.15, 0.2) is 0 Å². The summed E-state index contributed by atoms with van der Waals surface area (Å²) < 4.78 is 10.2. The standard InChI is InChI=1S/C16H20N2O4/c1-2-22-14-5-3-13(4-6-14)18-16(20)17-9-7-15(19)12-8-10-21-11-12/h3-6,8,10-11,15,19H,2,7,9H2,1H3,(H2,17,18,20). The fourth-order valence-corrected chi connectivity index (χ4v) is 1.93. The van der Waals surface area contributed by atoms with Gasteiger partial charge >= 0.3 is 6.03 Å². The number of furan rings is 1. The first-order chi connectivity index (χ1) is 10.7. The molecular weight excluding hydrogens is 284 g/mol. The van der Waals surface area contributed by atoms with E-state index in [0.29, 0.717) is 30.8 Å². The average Bonchev–Trinajstić information content (AvgIpc) is 3.04. The van der Waals surface area contributed by atoms with E-state index in [1.807, 2.05) is 6.92 Å². The number of ether oxygens (including phenoxy) is 1. The molecule has 0 saturated carbocycles. The van der Waals surface area contributed by atoms with Crippen molar-refractivity contribution in [2.75, 3.05) is 18.5 Å². The molecule has 0 bridgehead atoms. The molecule has 22 heavy (non-hydrogen) atoms. The van der Waals surface area contributed by atoms with Crippen LogP contribution in [0.4, 0.5) is 10.5 Å². The Kier molecular flexibility index (Phi) is 5.85. The highest BCUT2D eigenvalue weighted by molar-refractivity contribution is 5.89. The van der Waals surface area contributed by atoms with Gasteiger partial charge < -0.3 is 24.9 Å². The molecule has 1 unspecified atom stereocenters. The highest BCUT2D eigenvalue weighted by atomic mass is 16.5. The fourth-order valence-electron chi connectivity index (χ4n) is 1.93. The van der Waals surface area contributed by atoms with Crippen LogP contribution in [-0.2, 0) is 0 Å². The molecule has 0 saturated heterocycles. The van der Waals surface area contributed by atoms with Crippen LogP contribution in [-0.4, -0.2) is 24.3 Å². The van der Waals surface area contributed by atoms with Gasteiger partial charge in [0, 0.05) is 17.8 Å². The number of benzene rings is 1. The van der Waals surface area contributed by atoms with E-state index in [-0.39, 0.29) is 6.03 Å². The van der Waals surface area contributed by atoms with Crippen LogP contribution >= 0.6 is 0 Å².